The van der Waals surface area contributed by atoms with Crippen LogP contribution >= 0.6 is 0 Å². The van der Waals surface area contributed by atoms with Crippen LogP contribution in [0.5, 0.6) is 5.75 Å². The Bertz CT molecular complexity index is 538. The van der Waals surface area contributed by atoms with Crippen LogP contribution in [0.15, 0.2) is 54.6 Å². The van der Waals surface area contributed by atoms with Gasteiger partial charge < -0.3 is 15.2 Å². The van der Waals surface area contributed by atoms with Crippen molar-refractivity contribution < 1.29 is 9.84 Å². The number of anilines is 1. The molecule has 3 nitrogen and oxygen atoms in total. The molecule has 2 aromatic rings. The molecule has 2 rings (SSSR count). The summed E-state index contributed by atoms with van der Waals surface area (Å²) in [5.74, 6) is 0.805. The summed E-state index contributed by atoms with van der Waals surface area (Å²) in [7, 11) is 0. The highest BCUT2D eigenvalue weighted by Gasteiger charge is 2.22. The second-order valence-corrected chi connectivity index (χ2v) is 4.92. The largest absolute Gasteiger partial charge is 0.492 e. The van der Waals surface area contributed by atoms with Gasteiger partial charge in [0.05, 0.1) is 12.3 Å². The average Bonchev–Trinajstić information content (AvgIpc) is 2.48. The van der Waals surface area contributed by atoms with Crippen LogP contribution in [0, 0.1) is 0 Å². The molecule has 0 heterocycles. The van der Waals surface area contributed by atoms with E-state index in [1.54, 1.807) is 6.92 Å². The first kappa shape index (κ1) is 14.4. The van der Waals surface area contributed by atoms with Gasteiger partial charge in [-0.25, -0.2) is 0 Å². The van der Waals surface area contributed by atoms with Gasteiger partial charge in [-0.1, -0.05) is 42.5 Å². The van der Waals surface area contributed by atoms with Crippen LogP contribution in [0.25, 0.3) is 0 Å². The molecule has 0 fully saturated rings. The van der Waals surface area contributed by atoms with E-state index < -0.39 is 5.60 Å². The summed E-state index contributed by atoms with van der Waals surface area (Å²) >= 11 is 0. The molecule has 0 aliphatic rings. The molecule has 0 radical (unpaired) electrons. The van der Waals surface area contributed by atoms with Gasteiger partial charge >= 0.3 is 0 Å². The van der Waals surface area contributed by atoms with Crippen LogP contribution in [0.2, 0.25) is 0 Å². The molecular formula is C17H21NO2. The molecule has 0 amide bonds. The van der Waals surface area contributed by atoms with Gasteiger partial charge in [-0.3, -0.25) is 0 Å². The molecule has 0 saturated carbocycles. The number of rotatable bonds is 6. The number of hydrogen-bond donors (Lipinski definition) is 2. The van der Waals surface area contributed by atoms with Gasteiger partial charge in [0.15, 0.2) is 0 Å². The molecule has 0 aliphatic heterocycles. The molecule has 2 aromatic carbocycles. The lowest BCUT2D eigenvalue weighted by Gasteiger charge is -2.25. The van der Waals surface area contributed by atoms with Crippen LogP contribution in [-0.4, -0.2) is 18.3 Å². The predicted octanol–water partition coefficient (Wildman–Crippen LogP) is 3.40. The minimum atomic E-state index is -0.930. The van der Waals surface area contributed by atoms with Gasteiger partial charge in [0, 0.05) is 6.54 Å². The lowest BCUT2D eigenvalue weighted by molar-refractivity contribution is 0.0715. The van der Waals surface area contributed by atoms with Gasteiger partial charge in [-0.05, 0) is 31.5 Å². The second kappa shape index (κ2) is 6.44. The number of para-hydroxylation sites is 2. The molecule has 0 bridgehead atoms. The van der Waals surface area contributed by atoms with Crippen molar-refractivity contribution in [1.29, 1.82) is 0 Å². The van der Waals surface area contributed by atoms with E-state index in [0.717, 1.165) is 17.0 Å². The summed E-state index contributed by atoms with van der Waals surface area (Å²) in [6, 6.07) is 17.4. The van der Waals surface area contributed by atoms with Crippen molar-refractivity contribution >= 4 is 5.69 Å². The fraction of sp³-hybridized carbons (Fsp3) is 0.294. The minimum Gasteiger partial charge on any atom is -0.492 e. The van der Waals surface area contributed by atoms with E-state index >= 15 is 0 Å². The Balaban J connectivity index is 2.08. The predicted molar refractivity (Wildman–Crippen MR) is 82.1 cm³/mol. The zero-order chi connectivity index (χ0) is 14.4. The maximum absolute atomic E-state index is 10.6. The van der Waals surface area contributed by atoms with Crippen molar-refractivity contribution in [2.45, 2.75) is 19.4 Å². The van der Waals surface area contributed by atoms with Crippen LogP contribution in [0.1, 0.15) is 19.4 Å². The SMILES string of the molecule is CCOc1ccccc1NCC(C)(O)c1ccccc1. The quantitative estimate of drug-likeness (QED) is 0.846. The fourth-order valence-electron chi connectivity index (χ4n) is 2.06. The van der Waals surface area contributed by atoms with E-state index in [4.69, 9.17) is 4.74 Å². The zero-order valence-electron chi connectivity index (χ0n) is 12.0. The van der Waals surface area contributed by atoms with Crippen molar-refractivity contribution in [3.63, 3.8) is 0 Å². The van der Waals surface area contributed by atoms with E-state index in [2.05, 4.69) is 5.32 Å². The van der Waals surface area contributed by atoms with Gasteiger partial charge in [0.2, 0.25) is 0 Å². The topological polar surface area (TPSA) is 41.5 Å². The van der Waals surface area contributed by atoms with Crippen molar-refractivity contribution in [2.75, 3.05) is 18.5 Å². The third kappa shape index (κ3) is 3.52. The van der Waals surface area contributed by atoms with E-state index in [9.17, 15) is 5.11 Å². The highest BCUT2D eigenvalue weighted by Crippen LogP contribution is 2.26. The Kier molecular flexibility index (Phi) is 4.64. The number of aliphatic hydroxyl groups is 1. The van der Waals surface area contributed by atoms with Crippen molar-refractivity contribution in [2.24, 2.45) is 0 Å². The molecule has 106 valence electrons. The molecule has 3 heteroatoms. The Morgan fingerprint density at radius 3 is 2.40 bits per heavy atom. The first-order chi connectivity index (χ1) is 9.63. The molecule has 1 atom stereocenters. The smallest absolute Gasteiger partial charge is 0.142 e. The normalized spacial score (nSPS) is 13.6. The maximum atomic E-state index is 10.6. The molecule has 0 aromatic heterocycles. The molecule has 1 unspecified atom stereocenters. The monoisotopic (exact) mass is 271 g/mol. The molecular weight excluding hydrogens is 250 g/mol. The Hall–Kier alpha value is -2.00. The Morgan fingerprint density at radius 1 is 1.05 bits per heavy atom. The summed E-state index contributed by atoms with van der Waals surface area (Å²) in [6.07, 6.45) is 0. The van der Waals surface area contributed by atoms with Crippen molar-refractivity contribution in [3.05, 3.63) is 60.2 Å². The first-order valence-corrected chi connectivity index (χ1v) is 6.87. The van der Waals surface area contributed by atoms with Gasteiger partial charge in [0.1, 0.15) is 11.4 Å². The first-order valence-electron chi connectivity index (χ1n) is 6.87. The van der Waals surface area contributed by atoms with Gasteiger partial charge in [-0.15, -0.1) is 0 Å². The molecule has 0 spiro atoms. The van der Waals surface area contributed by atoms with Crippen LogP contribution < -0.4 is 10.1 Å². The van der Waals surface area contributed by atoms with Crippen molar-refractivity contribution in [1.82, 2.24) is 0 Å². The summed E-state index contributed by atoms with van der Waals surface area (Å²) in [5.41, 5.74) is 0.854. The molecule has 20 heavy (non-hydrogen) atoms. The minimum absolute atomic E-state index is 0.418. The summed E-state index contributed by atoms with van der Waals surface area (Å²) in [6.45, 7) is 4.80. The Morgan fingerprint density at radius 2 is 1.70 bits per heavy atom. The number of benzene rings is 2. The van der Waals surface area contributed by atoms with E-state index in [-0.39, 0.29) is 0 Å². The summed E-state index contributed by atoms with van der Waals surface area (Å²) in [5, 5.41) is 13.8. The standard InChI is InChI=1S/C17H21NO2/c1-3-20-16-12-8-7-11-15(16)18-13-17(2,19)14-9-5-4-6-10-14/h4-12,18-19H,3,13H2,1-2H3. The van der Waals surface area contributed by atoms with Gasteiger partial charge in [0.25, 0.3) is 0 Å². The number of nitrogens with one attached hydrogen (secondary N) is 1. The molecule has 0 saturated heterocycles. The van der Waals surface area contributed by atoms with Crippen LogP contribution in [-0.2, 0) is 5.60 Å². The highest BCUT2D eigenvalue weighted by molar-refractivity contribution is 5.56. The van der Waals surface area contributed by atoms with E-state index in [0.29, 0.717) is 13.2 Å². The van der Waals surface area contributed by atoms with Crippen molar-refractivity contribution in [3.8, 4) is 5.75 Å². The van der Waals surface area contributed by atoms with Gasteiger partial charge in [-0.2, -0.15) is 0 Å². The molecule has 0 aliphatic carbocycles. The highest BCUT2D eigenvalue weighted by atomic mass is 16.5. The van der Waals surface area contributed by atoms with Crippen LogP contribution in [0.3, 0.4) is 0 Å². The average molecular weight is 271 g/mol. The Labute approximate surface area is 120 Å². The number of hydrogen-bond acceptors (Lipinski definition) is 3. The summed E-state index contributed by atoms with van der Waals surface area (Å²) < 4.78 is 5.56. The number of ether oxygens (including phenoxy) is 1. The third-order valence-corrected chi connectivity index (χ3v) is 3.21. The van der Waals surface area contributed by atoms with E-state index in [1.807, 2.05) is 61.5 Å². The van der Waals surface area contributed by atoms with Crippen LogP contribution in [0.4, 0.5) is 5.69 Å². The maximum Gasteiger partial charge on any atom is 0.142 e. The lowest BCUT2D eigenvalue weighted by atomic mass is 9.96. The van der Waals surface area contributed by atoms with E-state index in [1.165, 1.54) is 0 Å². The lowest BCUT2D eigenvalue weighted by Crippen LogP contribution is -2.30. The fourth-order valence-corrected chi connectivity index (χ4v) is 2.06. The third-order valence-electron chi connectivity index (χ3n) is 3.21. The zero-order valence-corrected chi connectivity index (χ0v) is 12.0. The second-order valence-electron chi connectivity index (χ2n) is 4.92. The summed E-state index contributed by atoms with van der Waals surface area (Å²) in [4.78, 5) is 0. The molecule has 2 N–H and O–H groups in total.